The van der Waals surface area contributed by atoms with Gasteiger partial charge in [-0.15, -0.1) is 0 Å². The molecule has 0 radical (unpaired) electrons. The van der Waals surface area contributed by atoms with Gasteiger partial charge in [0.1, 0.15) is 0 Å². The van der Waals surface area contributed by atoms with Crippen LogP contribution in [0, 0.1) is 0 Å². The summed E-state index contributed by atoms with van der Waals surface area (Å²) < 4.78 is 17.8. The van der Waals surface area contributed by atoms with Crippen LogP contribution in [0.25, 0.3) is 11.1 Å². The van der Waals surface area contributed by atoms with Crippen LogP contribution in [0.2, 0.25) is 0 Å². The van der Waals surface area contributed by atoms with Gasteiger partial charge >= 0.3 is 6.03 Å². The van der Waals surface area contributed by atoms with Crippen LogP contribution in [0.4, 0.5) is 11.4 Å². The van der Waals surface area contributed by atoms with Crippen molar-refractivity contribution in [2.75, 3.05) is 0 Å². The van der Waals surface area contributed by atoms with Crippen molar-refractivity contribution in [3.05, 3.63) is 108 Å². The highest BCUT2D eigenvalue weighted by atomic mass is 16.7. The number of hydrogen-bond acceptors (Lipinski definition) is 2. The Bertz CT molecular complexity index is 1420. The highest BCUT2D eigenvalue weighted by Gasteiger charge is 2.66. The molecule has 0 fully saturated rings. The van der Waals surface area contributed by atoms with Crippen molar-refractivity contribution < 1.29 is 18.6 Å². The molecular formula is C27H18N2O2+2. The number of nitrogens with zero attached hydrogens (tertiary/aromatic N) is 2. The lowest BCUT2D eigenvalue weighted by Gasteiger charge is -2.33. The van der Waals surface area contributed by atoms with E-state index < -0.39 is 6.03 Å². The molecule has 0 aliphatic carbocycles. The second-order valence-corrected chi connectivity index (χ2v) is 7.90. The largest absolute Gasteiger partial charge is 0.714 e. The first-order chi connectivity index (χ1) is 15.3. The molecule has 4 bridgehead atoms. The quantitative estimate of drug-likeness (QED) is 0.426. The van der Waals surface area contributed by atoms with E-state index in [4.69, 9.17) is 9.47 Å². The summed E-state index contributed by atoms with van der Waals surface area (Å²) in [6.07, 6.45) is 4.24. The third-order valence-corrected chi connectivity index (χ3v) is 6.06. The standard InChI is InChI=1S/C27H18N2O2/c1-3-9-22(10-4-1)28-17-20-15-14-19-16-25(20)30-27(28)29(23-11-5-2-6-12-23)18-21-8-7-13-24(19)26(21)31-27/h1-18H/q+2/t27-/m0/s1. The van der Waals surface area contributed by atoms with E-state index in [2.05, 4.69) is 82.2 Å². The number of hydrogen-bond donors (Lipinski definition) is 0. The molecule has 3 aliphatic heterocycles. The normalized spacial score (nSPS) is 19.4. The summed E-state index contributed by atoms with van der Waals surface area (Å²) in [6.45, 7) is 0. The topological polar surface area (TPSA) is 24.5 Å². The molecule has 4 nitrogen and oxygen atoms in total. The zero-order valence-corrected chi connectivity index (χ0v) is 16.6. The fourth-order valence-electron chi connectivity index (χ4n) is 4.60. The molecule has 0 aromatic heterocycles. The fraction of sp³-hybridized carbons (Fsp3) is 0.0370. The van der Waals surface area contributed by atoms with Crippen molar-refractivity contribution >= 4 is 23.8 Å². The Labute approximate surface area is 179 Å². The van der Waals surface area contributed by atoms with Gasteiger partial charge in [-0.1, -0.05) is 63.7 Å². The van der Waals surface area contributed by atoms with Crippen LogP contribution in [-0.2, 0) is 0 Å². The maximum Gasteiger partial charge on any atom is 0.714 e. The zero-order chi connectivity index (χ0) is 20.4. The first kappa shape index (κ1) is 16.6. The average molecular weight is 402 g/mol. The lowest BCUT2D eigenvalue weighted by atomic mass is 9.98. The van der Waals surface area contributed by atoms with Crippen LogP contribution in [0.1, 0.15) is 11.1 Å². The van der Waals surface area contributed by atoms with Gasteiger partial charge in [0.2, 0.25) is 11.4 Å². The molecular weight excluding hydrogens is 384 g/mol. The first-order valence-electron chi connectivity index (χ1n) is 10.4. The van der Waals surface area contributed by atoms with Gasteiger partial charge in [0.15, 0.2) is 23.9 Å². The number of ether oxygens (including phenoxy) is 2. The van der Waals surface area contributed by atoms with Gasteiger partial charge in [0.25, 0.3) is 0 Å². The Morgan fingerprint density at radius 2 is 1.26 bits per heavy atom. The second-order valence-electron chi connectivity index (χ2n) is 7.90. The number of rotatable bonds is 2. The molecule has 4 heteroatoms. The lowest BCUT2D eigenvalue weighted by Crippen LogP contribution is -2.62. The summed E-state index contributed by atoms with van der Waals surface area (Å²) in [7, 11) is 0. The summed E-state index contributed by atoms with van der Waals surface area (Å²) in [5, 5.41) is 0. The summed E-state index contributed by atoms with van der Waals surface area (Å²) in [5.41, 5.74) is 6.15. The van der Waals surface area contributed by atoms with Crippen LogP contribution < -0.4 is 9.47 Å². The minimum absolute atomic E-state index is 0.803. The number of benzene rings is 4. The summed E-state index contributed by atoms with van der Waals surface area (Å²) in [4.78, 5) is 0. The number of para-hydroxylation sites is 3. The third kappa shape index (κ3) is 2.24. The van der Waals surface area contributed by atoms with Crippen molar-refractivity contribution in [3.8, 4) is 22.6 Å². The van der Waals surface area contributed by atoms with Crippen LogP contribution >= 0.6 is 0 Å². The molecule has 3 heterocycles. The predicted molar refractivity (Wildman–Crippen MR) is 119 cm³/mol. The van der Waals surface area contributed by atoms with E-state index in [1.54, 1.807) is 0 Å². The van der Waals surface area contributed by atoms with E-state index in [1.165, 1.54) is 0 Å². The maximum atomic E-state index is 6.86. The van der Waals surface area contributed by atoms with E-state index in [9.17, 15) is 0 Å². The summed E-state index contributed by atoms with van der Waals surface area (Å²) >= 11 is 0. The van der Waals surface area contributed by atoms with Gasteiger partial charge in [0, 0.05) is 29.8 Å². The smallest absolute Gasteiger partial charge is 0.340 e. The molecule has 0 unspecified atom stereocenters. The predicted octanol–water partition coefficient (Wildman–Crippen LogP) is 5.29. The molecule has 0 saturated heterocycles. The molecule has 7 rings (SSSR count). The Morgan fingerprint density at radius 1 is 0.581 bits per heavy atom. The third-order valence-electron chi connectivity index (χ3n) is 6.06. The molecule has 0 amide bonds. The average Bonchev–Trinajstić information content (AvgIpc) is 2.83. The van der Waals surface area contributed by atoms with Crippen molar-refractivity contribution in [2.45, 2.75) is 6.03 Å². The lowest BCUT2D eigenvalue weighted by molar-refractivity contribution is -0.855. The van der Waals surface area contributed by atoms with E-state index in [1.807, 2.05) is 36.4 Å². The van der Waals surface area contributed by atoms with Gasteiger partial charge in [-0.05, 0) is 23.8 Å². The van der Waals surface area contributed by atoms with E-state index in [0.29, 0.717) is 0 Å². The Kier molecular flexibility index (Phi) is 3.17. The summed E-state index contributed by atoms with van der Waals surface area (Å²) in [5.74, 6) is 1.63. The second kappa shape index (κ2) is 5.92. The molecule has 31 heavy (non-hydrogen) atoms. The summed E-state index contributed by atoms with van der Waals surface area (Å²) in [6, 6.07) is 31.8. The highest BCUT2D eigenvalue weighted by Crippen LogP contribution is 2.47. The van der Waals surface area contributed by atoms with Crippen molar-refractivity contribution in [3.63, 3.8) is 0 Å². The van der Waals surface area contributed by atoms with Gasteiger partial charge in [0.05, 0.1) is 11.1 Å². The van der Waals surface area contributed by atoms with Crippen molar-refractivity contribution in [2.24, 2.45) is 0 Å². The molecule has 4 aromatic rings. The molecule has 4 aromatic carbocycles. The van der Waals surface area contributed by atoms with Gasteiger partial charge in [-0.2, -0.15) is 0 Å². The van der Waals surface area contributed by atoms with Crippen molar-refractivity contribution in [1.29, 1.82) is 0 Å². The van der Waals surface area contributed by atoms with E-state index in [0.717, 1.165) is 45.1 Å². The van der Waals surface area contributed by atoms with Crippen LogP contribution in [0.5, 0.6) is 11.5 Å². The zero-order valence-electron chi connectivity index (χ0n) is 16.6. The van der Waals surface area contributed by atoms with Crippen molar-refractivity contribution in [1.82, 2.24) is 0 Å². The van der Waals surface area contributed by atoms with Gasteiger partial charge in [-0.3, -0.25) is 0 Å². The molecule has 1 spiro atoms. The minimum Gasteiger partial charge on any atom is -0.340 e. The Morgan fingerprint density at radius 3 is 1.97 bits per heavy atom. The molecule has 0 saturated carbocycles. The van der Waals surface area contributed by atoms with E-state index in [-0.39, 0.29) is 0 Å². The first-order valence-corrected chi connectivity index (χ1v) is 10.4. The molecule has 0 N–H and O–H groups in total. The monoisotopic (exact) mass is 402 g/mol. The fourth-order valence-corrected chi connectivity index (χ4v) is 4.60. The van der Waals surface area contributed by atoms with Gasteiger partial charge in [-0.25, -0.2) is 0 Å². The molecule has 146 valence electrons. The Hall–Kier alpha value is -4.18. The van der Waals surface area contributed by atoms with Crippen LogP contribution in [0.3, 0.4) is 0 Å². The Balaban J connectivity index is 1.63. The van der Waals surface area contributed by atoms with Gasteiger partial charge < -0.3 is 9.47 Å². The minimum atomic E-state index is -1.22. The molecule has 1 atom stereocenters. The van der Waals surface area contributed by atoms with Crippen LogP contribution in [0.15, 0.2) is 97.1 Å². The van der Waals surface area contributed by atoms with E-state index >= 15 is 0 Å². The SMILES string of the molecule is C1=[N+](c2ccccc2)[C@]23Oc4cc(ccc41)-c1cccc(c1O2)C=[N+]3c1ccccc1. The van der Waals surface area contributed by atoms with Crippen LogP contribution in [-0.4, -0.2) is 27.6 Å². The maximum absolute atomic E-state index is 6.86. The highest BCUT2D eigenvalue weighted by molar-refractivity contribution is 5.90. The molecule has 3 aliphatic rings. The number of fused-ring (bicyclic) bond motifs is 2.